The number of carbonyl (C=O) groups is 1. The number of carbonyl (C=O) groups excluding carboxylic acids is 1. The molecule has 6 nitrogen and oxygen atoms in total. The Bertz CT molecular complexity index is 633. The summed E-state index contributed by atoms with van der Waals surface area (Å²) in [5.74, 6) is -0.223. The zero-order valence-corrected chi connectivity index (χ0v) is 12.6. The van der Waals surface area contributed by atoms with E-state index in [4.69, 9.17) is 5.73 Å². The van der Waals surface area contributed by atoms with Crippen LogP contribution < -0.4 is 16.0 Å². The number of nitrogens with zero attached hydrogens (tertiary/aromatic N) is 3. The number of amides is 1. The van der Waals surface area contributed by atoms with E-state index < -0.39 is 0 Å². The molecule has 2 aromatic rings. The first-order chi connectivity index (χ1) is 10.0. The largest absolute Gasteiger partial charge is 0.377 e. The summed E-state index contributed by atoms with van der Waals surface area (Å²) < 4.78 is 1.80. The number of hydrogen-bond acceptors (Lipinski definition) is 4. The lowest BCUT2D eigenvalue weighted by molar-refractivity contribution is 0.102. The number of nitrogens with one attached hydrogen (secondary N) is 1. The molecule has 1 heterocycles. The Kier molecular flexibility index (Phi) is 4.59. The van der Waals surface area contributed by atoms with Gasteiger partial charge in [0.1, 0.15) is 5.69 Å². The zero-order valence-electron chi connectivity index (χ0n) is 12.6. The molecule has 0 aliphatic carbocycles. The highest BCUT2D eigenvalue weighted by atomic mass is 16.1. The van der Waals surface area contributed by atoms with Crippen molar-refractivity contribution in [3.63, 3.8) is 0 Å². The molecule has 6 heteroatoms. The third kappa shape index (κ3) is 3.61. The molecule has 1 aromatic carbocycles. The number of anilines is 2. The third-order valence-electron chi connectivity index (χ3n) is 3.20. The van der Waals surface area contributed by atoms with Crippen LogP contribution in [0.3, 0.4) is 0 Å². The Balaban J connectivity index is 2.13. The fraction of sp³-hybridized carbons (Fsp3) is 0.333. The molecule has 0 fully saturated rings. The summed E-state index contributed by atoms with van der Waals surface area (Å²) >= 11 is 0. The summed E-state index contributed by atoms with van der Waals surface area (Å²) in [7, 11) is 3.95. The van der Waals surface area contributed by atoms with E-state index in [1.54, 1.807) is 17.1 Å². The summed E-state index contributed by atoms with van der Waals surface area (Å²) in [5, 5.41) is 2.86. The minimum atomic E-state index is -0.223. The topological polar surface area (TPSA) is 76.2 Å². The quantitative estimate of drug-likeness (QED) is 0.873. The number of rotatable bonds is 5. The van der Waals surface area contributed by atoms with Crippen LogP contribution in [-0.4, -0.2) is 36.1 Å². The Morgan fingerprint density at radius 3 is 2.86 bits per heavy atom. The van der Waals surface area contributed by atoms with Gasteiger partial charge in [-0.25, -0.2) is 4.98 Å². The number of benzene rings is 1. The van der Waals surface area contributed by atoms with Gasteiger partial charge in [-0.3, -0.25) is 4.79 Å². The van der Waals surface area contributed by atoms with Crippen molar-refractivity contribution in [1.82, 2.24) is 9.55 Å². The van der Waals surface area contributed by atoms with E-state index in [-0.39, 0.29) is 5.91 Å². The van der Waals surface area contributed by atoms with Gasteiger partial charge in [0.25, 0.3) is 5.91 Å². The first kappa shape index (κ1) is 15.1. The zero-order chi connectivity index (χ0) is 15.4. The SMILES string of the molecule is Cc1ccc(NC(=O)c2cn(CCN)cn2)cc1N(C)C. The average molecular weight is 287 g/mol. The predicted molar refractivity (Wildman–Crippen MR) is 84.7 cm³/mol. The smallest absolute Gasteiger partial charge is 0.275 e. The Labute approximate surface area is 124 Å². The fourth-order valence-corrected chi connectivity index (χ4v) is 2.11. The Morgan fingerprint density at radius 2 is 2.19 bits per heavy atom. The van der Waals surface area contributed by atoms with E-state index in [0.717, 1.165) is 16.9 Å². The van der Waals surface area contributed by atoms with Crippen molar-refractivity contribution in [2.75, 3.05) is 30.9 Å². The molecule has 21 heavy (non-hydrogen) atoms. The Morgan fingerprint density at radius 1 is 1.43 bits per heavy atom. The number of hydrogen-bond donors (Lipinski definition) is 2. The molecule has 1 aromatic heterocycles. The lowest BCUT2D eigenvalue weighted by atomic mass is 10.1. The van der Waals surface area contributed by atoms with Crippen LogP contribution in [0.1, 0.15) is 16.1 Å². The summed E-state index contributed by atoms with van der Waals surface area (Å²) in [6.45, 7) is 3.20. The average Bonchev–Trinajstić information content (AvgIpc) is 2.90. The molecule has 0 unspecified atom stereocenters. The molecular weight excluding hydrogens is 266 g/mol. The highest BCUT2D eigenvalue weighted by Gasteiger charge is 2.11. The summed E-state index contributed by atoms with van der Waals surface area (Å²) in [5.41, 5.74) is 8.84. The van der Waals surface area contributed by atoms with Gasteiger partial charge in [0.2, 0.25) is 0 Å². The van der Waals surface area contributed by atoms with Crippen molar-refractivity contribution in [1.29, 1.82) is 0 Å². The molecule has 0 spiro atoms. The van der Waals surface area contributed by atoms with Crippen LogP contribution >= 0.6 is 0 Å². The van der Waals surface area contributed by atoms with Gasteiger partial charge in [-0.15, -0.1) is 0 Å². The monoisotopic (exact) mass is 287 g/mol. The van der Waals surface area contributed by atoms with Crippen molar-refractivity contribution >= 4 is 17.3 Å². The van der Waals surface area contributed by atoms with Crippen molar-refractivity contribution in [2.45, 2.75) is 13.5 Å². The third-order valence-corrected chi connectivity index (χ3v) is 3.20. The molecule has 0 atom stereocenters. The number of nitrogens with two attached hydrogens (primary N) is 1. The minimum Gasteiger partial charge on any atom is -0.377 e. The maximum Gasteiger partial charge on any atom is 0.275 e. The van der Waals surface area contributed by atoms with E-state index >= 15 is 0 Å². The predicted octanol–water partition coefficient (Wildman–Crippen LogP) is 1.47. The molecule has 0 saturated heterocycles. The van der Waals surface area contributed by atoms with Crippen molar-refractivity contribution in [2.24, 2.45) is 5.73 Å². The second kappa shape index (κ2) is 6.41. The van der Waals surface area contributed by atoms with Crippen LogP contribution in [0, 0.1) is 6.92 Å². The molecular formula is C15H21N5O. The normalized spacial score (nSPS) is 10.5. The molecule has 0 radical (unpaired) electrons. The van der Waals surface area contributed by atoms with Crippen molar-refractivity contribution < 1.29 is 4.79 Å². The van der Waals surface area contributed by atoms with Crippen LogP contribution in [0.5, 0.6) is 0 Å². The van der Waals surface area contributed by atoms with Gasteiger partial charge >= 0.3 is 0 Å². The van der Waals surface area contributed by atoms with E-state index in [1.165, 1.54) is 0 Å². The molecule has 0 bridgehead atoms. The van der Waals surface area contributed by atoms with Gasteiger partial charge in [-0.1, -0.05) is 6.07 Å². The molecule has 0 saturated carbocycles. The van der Waals surface area contributed by atoms with Crippen molar-refractivity contribution in [3.8, 4) is 0 Å². The van der Waals surface area contributed by atoms with Crippen LogP contribution in [-0.2, 0) is 6.54 Å². The first-order valence-corrected chi connectivity index (χ1v) is 6.82. The lowest BCUT2D eigenvalue weighted by Crippen LogP contribution is -2.14. The number of aromatic nitrogens is 2. The van der Waals surface area contributed by atoms with E-state index in [9.17, 15) is 4.79 Å². The van der Waals surface area contributed by atoms with Crippen LogP contribution in [0.15, 0.2) is 30.7 Å². The number of aryl methyl sites for hydroxylation is 1. The molecule has 0 aliphatic heterocycles. The maximum atomic E-state index is 12.2. The van der Waals surface area contributed by atoms with Gasteiger partial charge in [0, 0.05) is 44.8 Å². The van der Waals surface area contributed by atoms with E-state index in [0.29, 0.717) is 18.8 Å². The summed E-state index contributed by atoms with van der Waals surface area (Å²) in [6.07, 6.45) is 3.31. The first-order valence-electron chi connectivity index (χ1n) is 6.82. The highest BCUT2D eigenvalue weighted by molar-refractivity contribution is 6.03. The fourth-order valence-electron chi connectivity index (χ4n) is 2.11. The number of imidazole rings is 1. The summed E-state index contributed by atoms with van der Waals surface area (Å²) in [4.78, 5) is 18.3. The van der Waals surface area contributed by atoms with E-state index in [1.807, 2.05) is 44.1 Å². The van der Waals surface area contributed by atoms with Gasteiger partial charge in [-0.05, 0) is 24.6 Å². The summed E-state index contributed by atoms with van der Waals surface area (Å²) in [6, 6.07) is 5.82. The molecule has 112 valence electrons. The lowest BCUT2D eigenvalue weighted by Gasteiger charge is -2.17. The van der Waals surface area contributed by atoms with Gasteiger partial charge in [-0.2, -0.15) is 0 Å². The molecule has 0 aliphatic rings. The highest BCUT2D eigenvalue weighted by Crippen LogP contribution is 2.22. The second-order valence-corrected chi connectivity index (χ2v) is 5.14. The second-order valence-electron chi connectivity index (χ2n) is 5.14. The van der Waals surface area contributed by atoms with Crippen LogP contribution in [0.2, 0.25) is 0 Å². The Hall–Kier alpha value is -2.34. The standard InChI is InChI=1S/C15H21N5O/c1-11-4-5-12(8-14(11)19(2)3)18-15(21)13-9-20(7-6-16)10-17-13/h4-5,8-10H,6-7,16H2,1-3H3,(H,18,21). The van der Waals surface area contributed by atoms with E-state index in [2.05, 4.69) is 10.3 Å². The van der Waals surface area contributed by atoms with Gasteiger partial charge in [0.05, 0.1) is 6.33 Å². The minimum absolute atomic E-state index is 0.223. The van der Waals surface area contributed by atoms with Crippen molar-refractivity contribution in [3.05, 3.63) is 42.0 Å². The van der Waals surface area contributed by atoms with Crippen LogP contribution in [0.25, 0.3) is 0 Å². The molecule has 1 amide bonds. The maximum absolute atomic E-state index is 12.2. The van der Waals surface area contributed by atoms with Gasteiger partial charge < -0.3 is 20.5 Å². The van der Waals surface area contributed by atoms with Crippen LogP contribution in [0.4, 0.5) is 11.4 Å². The van der Waals surface area contributed by atoms with Gasteiger partial charge in [0.15, 0.2) is 0 Å². The molecule has 3 N–H and O–H groups in total. The molecule has 2 rings (SSSR count).